The van der Waals surface area contributed by atoms with E-state index >= 15 is 0 Å². The van der Waals surface area contributed by atoms with E-state index in [0.717, 1.165) is 22.6 Å². The van der Waals surface area contributed by atoms with Crippen LogP contribution < -0.4 is 5.32 Å². The van der Waals surface area contributed by atoms with Crippen LogP contribution in [0, 0.1) is 17.1 Å². The number of ether oxygens (including phenoxy) is 1. The van der Waals surface area contributed by atoms with E-state index in [2.05, 4.69) is 11.4 Å². The lowest BCUT2D eigenvalue weighted by atomic mass is 9.94. The molecule has 1 N–H and O–H groups in total. The number of benzene rings is 1. The van der Waals surface area contributed by atoms with E-state index in [9.17, 15) is 18.4 Å². The van der Waals surface area contributed by atoms with E-state index in [1.54, 1.807) is 26.0 Å². The van der Waals surface area contributed by atoms with Crippen molar-refractivity contribution in [2.24, 2.45) is 0 Å². The number of hydrogen-bond acceptors (Lipinski definition) is 3. The fraction of sp³-hybridized carbons (Fsp3) is 0.519. The number of nitriles is 1. The average Bonchev–Trinajstić information content (AvgIpc) is 2.80. The third-order valence-electron chi connectivity index (χ3n) is 4.80. The monoisotopic (exact) mass is 464 g/mol. The molecule has 3 nitrogen and oxygen atoms in total. The lowest BCUT2D eigenvalue weighted by Gasteiger charge is -2.27. The Bertz CT molecular complexity index is 826. The third kappa shape index (κ3) is 10.2. The summed E-state index contributed by atoms with van der Waals surface area (Å²) in [6, 6.07) is 8.25. The van der Waals surface area contributed by atoms with Crippen molar-refractivity contribution in [3.05, 3.63) is 64.7 Å². The number of alkyl halides is 2. The quantitative estimate of drug-likeness (QED) is 0.395. The Hall–Kier alpha value is -2.68. The topological polar surface area (TPSA) is 45.0 Å². The van der Waals surface area contributed by atoms with Gasteiger partial charge >= 0.3 is 0 Å². The molecule has 0 saturated carbocycles. The predicted molar refractivity (Wildman–Crippen MR) is 131 cm³/mol. The Morgan fingerprint density at radius 1 is 1.12 bits per heavy atom. The number of rotatable bonds is 8. The molecule has 1 unspecified atom stereocenters. The average molecular weight is 465 g/mol. The van der Waals surface area contributed by atoms with Crippen LogP contribution in [0.25, 0.3) is 5.70 Å². The maximum atomic E-state index is 13.1. The molecule has 1 aliphatic rings. The summed E-state index contributed by atoms with van der Waals surface area (Å²) in [6.07, 6.45) is 4.98. The normalized spacial score (nSPS) is 15.7. The molecule has 184 valence electrons. The van der Waals surface area contributed by atoms with Gasteiger partial charge in [0.05, 0.1) is 18.2 Å². The summed E-state index contributed by atoms with van der Waals surface area (Å²) in [6.45, 7) is 13.8. The van der Waals surface area contributed by atoms with Crippen molar-refractivity contribution >= 4 is 5.70 Å². The molecule has 1 aliphatic heterocycles. The first-order valence-electron chi connectivity index (χ1n) is 11.7. The molecule has 1 aromatic carbocycles. The Balaban J connectivity index is 0.000000786. The summed E-state index contributed by atoms with van der Waals surface area (Å²) in [5, 5.41) is 12.7. The van der Waals surface area contributed by atoms with Crippen LogP contribution in [0.3, 0.4) is 0 Å². The van der Waals surface area contributed by atoms with Gasteiger partial charge in [-0.2, -0.15) is 5.26 Å². The Morgan fingerprint density at radius 2 is 1.67 bits per heavy atom. The lowest BCUT2D eigenvalue weighted by Crippen LogP contribution is -2.33. The Kier molecular flexibility index (Phi) is 14.7. The molecule has 0 radical (unpaired) electrons. The fourth-order valence-electron chi connectivity index (χ4n) is 3.30. The summed E-state index contributed by atoms with van der Waals surface area (Å²) in [5.74, 6) is -1.92. The smallest absolute Gasteiger partial charge is 0.248 e. The van der Waals surface area contributed by atoms with Crippen LogP contribution in [0.2, 0.25) is 0 Å². The molecule has 6 heteroatoms. The highest BCUT2D eigenvalue weighted by molar-refractivity contribution is 5.75. The van der Waals surface area contributed by atoms with Crippen molar-refractivity contribution in [2.75, 3.05) is 6.61 Å². The largest absolute Gasteiger partial charge is 0.496 e. The minimum atomic E-state index is -2.40. The maximum absolute atomic E-state index is 13.1. The molecule has 0 aromatic heterocycles. The van der Waals surface area contributed by atoms with Crippen LogP contribution in [0.1, 0.15) is 79.7 Å². The number of allylic oxidation sites excluding steroid dienone is 3. The summed E-state index contributed by atoms with van der Waals surface area (Å²) < 4.78 is 43.6. The van der Waals surface area contributed by atoms with Gasteiger partial charge in [-0.15, -0.1) is 0 Å². The third-order valence-corrected chi connectivity index (χ3v) is 4.80. The molecular formula is C27H39F3N2O. The standard InChI is InChI=1S/C18H19FN2O.C7H14F2.C2H6/c1-4-17(22-5-2)16-10-14(11-20)12(3)18(21-16)13-6-8-15(19)9-7-13;1-3-5-7(8,9)6-4-2;1-2/h4,6-10,16,21H,5H2,1-3H3;3-6H2,1-2H3;1-2H3. The first-order chi connectivity index (χ1) is 15.7. The van der Waals surface area contributed by atoms with E-state index in [1.165, 1.54) is 12.1 Å². The lowest BCUT2D eigenvalue weighted by molar-refractivity contribution is -0.0173. The van der Waals surface area contributed by atoms with Crippen molar-refractivity contribution in [2.45, 2.75) is 86.1 Å². The van der Waals surface area contributed by atoms with E-state index in [4.69, 9.17) is 4.74 Å². The molecule has 33 heavy (non-hydrogen) atoms. The van der Waals surface area contributed by atoms with Gasteiger partial charge in [-0.3, -0.25) is 0 Å². The second kappa shape index (κ2) is 16.0. The van der Waals surface area contributed by atoms with Crippen LogP contribution in [0.4, 0.5) is 13.2 Å². The number of nitrogens with one attached hydrogen (secondary N) is 1. The van der Waals surface area contributed by atoms with Crippen LogP contribution in [-0.2, 0) is 4.74 Å². The van der Waals surface area contributed by atoms with Gasteiger partial charge in [0, 0.05) is 18.5 Å². The minimum Gasteiger partial charge on any atom is -0.496 e. The highest BCUT2D eigenvalue weighted by Crippen LogP contribution is 2.28. The van der Waals surface area contributed by atoms with Crippen LogP contribution in [-0.4, -0.2) is 18.6 Å². The second-order valence-electron chi connectivity index (χ2n) is 7.30. The predicted octanol–water partition coefficient (Wildman–Crippen LogP) is 8.17. The van der Waals surface area contributed by atoms with Gasteiger partial charge in [0.1, 0.15) is 17.6 Å². The SMILES string of the molecule is CC.CC=C(OCC)C1C=C(C#N)C(C)=C(c2ccc(F)cc2)N1.CCCC(F)(F)CCC. The van der Waals surface area contributed by atoms with E-state index in [1.807, 2.05) is 46.8 Å². The van der Waals surface area contributed by atoms with Gasteiger partial charge in [-0.05, 0) is 68.3 Å². The fourth-order valence-corrected chi connectivity index (χ4v) is 3.30. The highest BCUT2D eigenvalue weighted by Gasteiger charge is 2.25. The van der Waals surface area contributed by atoms with Crippen molar-refractivity contribution in [3.63, 3.8) is 0 Å². The zero-order valence-corrected chi connectivity index (χ0v) is 21.1. The molecule has 0 amide bonds. The summed E-state index contributed by atoms with van der Waals surface area (Å²) in [5.41, 5.74) is 3.11. The molecular weight excluding hydrogens is 425 g/mol. The molecule has 0 saturated heterocycles. The number of hydrogen-bond donors (Lipinski definition) is 1. The van der Waals surface area contributed by atoms with E-state index in [-0.39, 0.29) is 24.7 Å². The highest BCUT2D eigenvalue weighted by atomic mass is 19.3. The van der Waals surface area contributed by atoms with Crippen molar-refractivity contribution in [1.29, 1.82) is 5.26 Å². The summed E-state index contributed by atoms with van der Waals surface area (Å²) in [7, 11) is 0. The molecule has 1 atom stereocenters. The van der Waals surface area contributed by atoms with Gasteiger partial charge in [0.25, 0.3) is 0 Å². The number of dihydropyridines is 1. The van der Waals surface area contributed by atoms with Crippen LogP contribution in [0.15, 0.2) is 53.3 Å². The van der Waals surface area contributed by atoms with Gasteiger partial charge < -0.3 is 10.1 Å². The minimum absolute atomic E-state index is 0.0425. The zero-order chi connectivity index (χ0) is 25.4. The van der Waals surface area contributed by atoms with Crippen molar-refractivity contribution in [3.8, 4) is 6.07 Å². The zero-order valence-electron chi connectivity index (χ0n) is 21.1. The van der Waals surface area contributed by atoms with Crippen molar-refractivity contribution < 1.29 is 17.9 Å². The number of halogens is 3. The van der Waals surface area contributed by atoms with E-state index in [0.29, 0.717) is 25.0 Å². The van der Waals surface area contributed by atoms with Crippen LogP contribution in [0.5, 0.6) is 0 Å². The molecule has 0 fully saturated rings. The van der Waals surface area contributed by atoms with Gasteiger partial charge in [-0.1, -0.05) is 40.5 Å². The van der Waals surface area contributed by atoms with E-state index < -0.39 is 5.92 Å². The van der Waals surface area contributed by atoms with Crippen molar-refractivity contribution in [1.82, 2.24) is 5.32 Å². The summed E-state index contributed by atoms with van der Waals surface area (Å²) >= 11 is 0. The Labute approximate surface area is 198 Å². The molecule has 1 heterocycles. The number of nitrogens with zero attached hydrogens (tertiary/aromatic N) is 1. The van der Waals surface area contributed by atoms with Gasteiger partial charge in [-0.25, -0.2) is 13.2 Å². The Morgan fingerprint density at radius 3 is 2.09 bits per heavy atom. The van der Waals surface area contributed by atoms with Crippen LogP contribution >= 0.6 is 0 Å². The molecule has 0 bridgehead atoms. The molecule has 1 aromatic rings. The first kappa shape index (κ1) is 30.3. The molecule has 0 spiro atoms. The van der Waals surface area contributed by atoms with Gasteiger partial charge in [0.2, 0.25) is 5.92 Å². The first-order valence-corrected chi connectivity index (χ1v) is 11.7. The van der Waals surface area contributed by atoms with Gasteiger partial charge in [0.15, 0.2) is 0 Å². The molecule has 2 rings (SSSR count). The maximum Gasteiger partial charge on any atom is 0.248 e. The molecule has 0 aliphatic carbocycles. The summed E-state index contributed by atoms with van der Waals surface area (Å²) in [4.78, 5) is 0. The second-order valence-corrected chi connectivity index (χ2v) is 7.30.